The summed E-state index contributed by atoms with van der Waals surface area (Å²) >= 11 is 0. The predicted molar refractivity (Wildman–Crippen MR) is 49.7 cm³/mol. The topological polar surface area (TPSA) is 15.3 Å². The summed E-state index contributed by atoms with van der Waals surface area (Å²) in [6.45, 7) is 6.70. The van der Waals surface area contributed by atoms with Crippen molar-refractivity contribution in [3.63, 3.8) is 0 Å². The quantitative estimate of drug-likeness (QED) is 0.555. The normalized spacial score (nSPS) is 41.2. The fraction of sp³-hybridized carbons (Fsp3) is 0.800. The fourth-order valence-electron chi connectivity index (χ4n) is 2.58. The summed E-state index contributed by atoms with van der Waals surface area (Å²) in [5.74, 6) is 4.44. The van der Waals surface area contributed by atoms with E-state index in [-0.39, 0.29) is 0 Å². The van der Waals surface area contributed by atoms with Crippen LogP contribution < -0.4 is 5.32 Å². The molecular formula is C10H16N2. The van der Waals surface area contributed by atoms with Crippen molar-refractivity contribution in [2.24, 2.45) is 11.8 Å². The number of likely N-dealkylation sites (tertiary alicyclic amines) is 1. The Morgan fingerprint density at radius 3 is 3.08 bits per heavy atom. The lowest BCUT2D eigenvalue weighted by Crippen LogP contribution is -2.33. The number of terminal acetylenes is 1. The Bertz CT molecular complexity index is 206. The van der Waals surface area contributed by atoms with Crippen molar-refractivity contribution < 1.29 is 0 Å². The highest BCUT2D eigenvalue weighted by Crippen LogP contribution is 2.31. The average molecular weight is 164 g/mol. The molecule has 0 amide bonds. The Morgan fingerprint density at radius 2 is 2.42 bits per heavy atom. The molecule has 2 nitrogen and oxygen atoms in total. The summed E-state index contributed by atoms with van der Waals surface area (Å²) in [5.41, 5.74) is 0. The van der Waals surface area contributed by atoms with Crippen LogP contribution in [-0.4, -0.2) is 37.1 Å². The minimum Gasteiger partial charge on any atom is -0.316 e. The van der Waals surface area contributed by atoms with E-state index >= 15 is 0 Å². The maximum Gasteiger partial charge on any atom is 0.0601 e. The number of nitrogens with one attached hydrogen (secondary N) is 1. The lowest BCUT2D eigenvalue weighted by atomic mass is 9.95. The van der Waals surface area contributed by atoms with Crippen LogP contribution in [0.4, 0.5) is 0 Å². The van der Waals surface area contributed by atoms with Gasteiger partial charge in [0.1, 0.15) is 0 Å². The molecule has 2 aliphatic rings. The average Bonchev–Trinajstić information content (AvgIpc) is 2.58. The van der Waals surface area contributed by atoms with Gasteiger partial charge in [0, 0.05) is 12.6 Å². The van der Waals surface area contributed by atoms with Crippen molar-refractivity contribution in [3.8, 4) is 12.3 Å². The molecule has 2 heterocycles. The van der Waals surface area contributed by atoms with E-state index in [4.69, 9.17) is 6.42 Å². The Kier molecular flexibility index (Phi) is 2.08. The van der Waals surface area contributed by atoms with E-state index in [1.165, 1.54) is 19.6 Å². The van der Waals surface area contributed by atoms with Gasteiger partial charge in [-0.15, -0.1) is 6.42 Å². The molecule has 0 saturated carbocycles. The van der Waals surface area contributed by atoms with Gasteiger partial charge in [-0.05, 0) is 31.8 Å². The molecule has 3 atom stereocenters. The van der Waals surface area contributed by atoms with Gasteiger partial charge >= 0.3 is 0 Å². The molecule has 2 aliphatic heterocycles. The molecule has 0 aliphatic carbocycles. The Balaban J connectivity index is 2.01. The lowest BCUT2D eigenvalue weighted by Gasteiger charge is -2.21. The van der Waals surface area contributed by atoms with Crippen LogP contribution in [0.25, 0.3) is 0 Å². The van der Waals surface area contributed by atoms with Gasteiger partial charge in [0.05, 0.1) is 6.54 Å². The first-order valence-electron chi connectivity index (χ1n) is 4.71. The second kappa shape index (κ2) is 3.08. The van der Waals surface area contributed by atoms with E-state index in [0.29, 0.717) is 6.04 Å². The highest BCUT2D eigenvalue weighted by molar-refractivity contribution is 5.00. The molecular weight excluding hydrogens is 148 g/mol. The summed E-state index contributed by atoms with van der Waals surface area (Å²) in [6.07, 6.45) is 5.31. The van der Waals surface area contributed by atoms with Crippen LogP contribution in [0.3, 0.4) is 0 Å². The maximum atomic E-state index is 5.31. The zero-order valence-corrected chi connectivity index (χ0v) is 7.59. The number of fused-ring (bicyclic) bond motifs is 1. The highest BCUT2D eigenvalue weighted by atomic mass is 15.2. The third kappa shape index (κ3) is 1.14. The number of rotatable bonds is 1. The van der Waals surface area contributed by atoms with E-state index in [1.54, 1.807) is 0 Å². The van der Waals surface area contributed by atoms with Crippen molar-refractivity contribution in [2.45, 2.75) is 13.0 Å². The third-order valence-corrected chi connectivity index (χ3v) is 3.35. The maximum absolute atomic E-state index is 5.31. The Hall–Kier alpha value is -0.520. The minimum absolute atomic E-state index is 0.682. The molecule has 0 spiro atoms. The van der Waals surface area contributed by atoms with Crippen LogP contribution in [0, 0.1) is 24.2 Å². The predicted octanol–water partition coefficient (Wildman–Crippen LogP) is 0.159. The van der Waals surface area contributed by atoms with Gasteiger partial charge in [0.2, 0.25) is 0 Å². The zero-order chi connectivity index (χ0) is 8.55. The fourth-order valence-corrected chi connectivity index (χ4v) is 2.58. The molecule has 66 valence electrons. The number of hydrogen-bond donors (Lipinski definition) is 1. The Morgan fingerprint density at radius 1 is 1.58 bits per heavy atom. The SMILES string of the molecule is C#CCN1CC2CNCC2C1C. The van der Waals surface area contributed by atoms with Crippen molar-refractivity contribution in [1.82, 2.24) is 10.2 Å². The van der Waals surface area contributed by atoms with Gasteiger partial charge < -0.3 is 5.32 Å². The molecule has 12 heavy (non-hydrogen) atoms. The summed E-state index contributed by atoms with van der Waals surface area (Å²) in [4.78, 5) is 2.43. The van der Waals surface area contributed by atoms with E-state index in [0.717, 1.165) is 18.4 Å². The lowest BCUT2D eigenvalue weighted by molar-refractivity contribution is 0.268. The molecule has 0 aromatic heterocycles. The standard InChI is InChI=1S/C10H16N2/c1-3-4-12-7-9-5-11-6-10(9)8(12)2/h1,8-11H,4-7H2,2H3. The summed E-state index contributed by atoms with van der Waals surface area (Å²) in [6, 6.07) is 0.682. The molecule has 2 saturated heterocycles. The monoisotopic (exact) mass is 164 g/mol. The highest BCUT2D eigenvalue weighted by Gasteiger charge is 2.40. The molecule has 1 N–H and O–H groups in total. The second-order valence-corrected chi connectivity index (χ2v) is 3.96. The van der Waals surface area contributed by atoms with Crippen molar-refractivity contribution in [2.75, 3.05) is 26.2 Å². The number of hydrogen-bond acceptors (Lipinski definition) is 2. The minimum atomic E-state index is 0.682. The molecule has 3 unspecified atom stereocenters. The van der Waals surface area contributed by atoms with Gasteiger partial charge in [0.15, 0.2) is 0 Å². The van der Waals surface area contributed by atoms with Crippen LogP contribution >= 0.6 is 0 Å². The van der Waals surface area contributed by atoms with E-state index < -0.39 is 0 Å². The molecule has 2 rings (SSSR count). The summed E-state index contributed by atoms with van der Waals surface area (Å²) in [5, 5.41) is 3.44. The van der Waals surface area contributed by atoms with Crippen LogP contribution in [0.5, 0.6) is 0 Å². The molecule has 0 aromatic carbocycles. The molecule has 0 bridgehead atoms. The van der Waals surface area contributed by atoms with Crippen LogP contribution in [0.2, 0.25) is 0 Å². The first kappa shape index (κ1) is 8.10. The van der Waals surface area contributed by atoms with E-state index in [1.807, 2.05) is 0 Å². The van der Waals surface area contributed by atoms with Gasteiger partial charge in [0.25, 0.3) is 0 Å². The second-order valence-electron chi connectivity index (χ2n) is 3.96. The summed E-state index contributed by atoms with van der Waals surface area (Å²) in [7, 11) is 0. The largest absolute Gasteiger partial charge is 0.316 e. The van der Waals surface area contributed by atoms with Crippen molar-refractivity contribution in [1.29, 1.82) is 0 Å². The van der Waals surface area contributed by atoms with E-state index in [9.17, 15) is 0 Å². The van der Waals surface area contributed by atoms with Crippen molar-refractivity contribution in [3.05, 3.63) is 0 Å². The zero-order valence-electron chi connectivity index (χ0n) is 7.59. The Labute approximate surface area is 74.3 Å². The first-order valence-corrected chi connectivity index (χ1v) is 4.71. The van der Waals surface area contributed by atoms with Gasteiger partial charge in [-0.25, -0.2) is 0 Å². The first-order chi connectivity index (χ1) is 5.83. The molecule has 0 radical (unpaired) electrons. The van der Waals surface area contributed by atoms with Gasteiger partial charge in [-0.2, -0.15) is 0 Å². The van der Waals surface area contributed by atoms with Crippen LogP contribution in [0.15, 0.2) is 0 Å². The third-order valence-electron chi connectivity index (χ3n) is 3.35. The van der Waals surface area contributed by atoms with Crippen LogP contribution in [-0.2, 0) is 0 Å². The van der Waals surface area contributed by atoms with E-state index in [2.05, 4.69) is 23.1 Å². The molecule has 0 aromatic rings. The van der Waals surface area contributed by atoms with Gasteiger partial charge in [-0.3, -0.25) is 4.90 Å². The van der Waals surface area contributed by atoms with Crippen LogP contribution in [0.1, 0.15) is 6.92 Å². The smallest absolute Gasteiger partial charge is 0.0601 e. The number of nitrogens with zero attached hydrogens (tertiary/aromatic N) is 1. The molecule has 2 fully saturated rings. The van der Waals surface area contributed by atoms with Gasteiger partial charge in [-0.1, -0.05) is 5.92 Å². The van der Waals surface area contributed by atoms with Crippen molar-refractivity contribution >= 4 is 0 Å². The summed E-state index contributed by atoms with van der Waals surface area (Å²) < 4.78 is 0. The molecule has 2 heteroatoms.